The fraction of sp³-hybridized carbons (Fsp3) is 0.750. The van der Waals surface area contributed by atoms with Crippen molar-refractivity contribution in [3.63, 3.8) is 0 Å². The molecule has 23 heavy (non-hydrogen) atoms. The molecule has 1 aromatic rings. The minimum Gasteiger partial charge on any atom is -0.394 e. The number of rotatable bonds is 7. The van der Waals surface area contributed by atoms with Crippen LogP contribution < -0.4 is 11.2 Å². The number of nitrogens with zero attached hydrogens (tertiary/aromatic N) is 2. The molecule has 0 aromatic carbocycles. The molecule has 7 heteroatoms. The van der Waals surface area contributed by atoms with E-state index in [0.717, 1.165) is 25.9 Å². The molecule has 1 saturated heterocycles. The summed E-state index contributed by atoms with van der Waals surface area (Å²) < 4.78 is 7.33. The first-order chi connectivity index (χ1) is 11.0. The van der Waals surface area contributed by atoms with Gasteiger partial charge in [-0.15, -0.1) is 0 Å². The van der Waals surface area contributed by atoms with E-state index in [1.807, 2.05) is 0 Å². The van der Waals surface area contributed by atoms with Crippen molar-refractivity contribution in [3.8, 4) is 0 Å². The molecule has 7 nitrogen and oxygen atoms in total. The maximum atomic E-state index is 12.1. The zero-order valence-electron chi connectivity index (χ0n) is 14.1. The van der Waals surface area contributed by atoms with Crippen LogP contribution >= 0.6 is 0 Å². The zero-order chi connectivity index (χ0) is 17.0. The van der Waals surface area contributed by atoms with Crippen LogP contribution in [0.5, 0.6) is 0 Å². The predicted molar refractivity (Wildman–Crippen MR) is 87.6 cm³/mol. The van der Waals surface area contributed by atoms with Gasteiger partial charge in [-0.3, -0.25) is 19.2 Å². The number of aliphatic hydroxyl groups is 1. The maximum absolute atomic E-state index is 12.1. The molecule has 1 aliphatic heterocycles. The Morgan fingerprint density at radius 1 is 1.35 bits per heavy atom. The topological polar surface area (TPSA) is 87.6 Å². The molecular weight excluding hydrogens is 298 g/mol. The van der Waals surface area contributed by atoms with Crippen molar-refractivity contribution in [2.24, 2.45) is 0 Å². The van der Waals surface area contributed by atoms with E-state index in [9.17, 15) is 14.7 Å². The van der Waals surface area contributed by atoms with Gasteiger partial charge in [-0.2, -0.15) is 0 Å². The molecule has 130 valence electrons. The average molecular weight is 325 g/mol. The standard InChI is InChI=1S/C16H27N3O4/c1-4-6-18(7-5-2)12-8-14(23-13(12)10-20)19-9-11(3)15(21)17-16(19)22/h9,12-14,20H,4-8,10H2,1-3H3,(H,17,21,22). The van der Waals surface area contributed by atoms with Crippen LogP contribution in [0.25, 0.3) is 0 Å². The highest BCUT2D eigenvalue weighted by molar-refractivity contribution is 5.02. The quantitative estimate of drug-likeness (QED) is 0.767. The van der Waals surface area contributed by atoms with Crippen molar-refractivity contribution in [1.82, 2.24) is 14.5 Å². The summed E-state index contributed by atoms with van der Waals surface area (Å²) in [5.41, 5.74) is -0.380. The lowest BCUT2D eigenvalue weighted by atomic mass is 10.1. The molecule has 0 aliphatic carbocycles. The number of hydrogen-bond donors (Lipinski definition) is 2. The molecule has 0 bridgehead atoms. The van der Waals surface area contributed by atoms with E-state index in [2.05, 4.69) is 23.7 Å². The van der Waals surface area contributed by atoms with Crippen LogP contribution in [0.2, 0.25) is 0 Å². The van der Waals surface area contributed by atoms with Gasteiger partial charge < -0.3 is 9.84 Å². The summed E-state index contributed by atoms with van der Waals surface area (Å²) in [5.74, 6) is 0. The highest BCUT2D eigenvalue weighted by Gasteiger charge is 2.39. The Bertz CT molecular complexity index is 618. The van der Waals surface area contributed by atoms with Gasteiger partial charge in [0, 0.05) is 24.2 Å². The summed E-state index contributed by atoms with van der Waals surface area (Å²) in [6.45, 7) is 7.70. The van der Waals surface area contributed by atoms with E-state index in [1.165, 1.54) is 10.8 Å². The summed E-state index contributed by atoms with van der Waals surface area (Å²) in [6.07, 6.45) is 3.42. The molecule has 0 radical (unpaired) electrons. The molecule has 3 atom stereocenters. The van der Waals surface area contributed by atoms with Crippen molar-refractivity contribution < 1.29 is 9.84 Å². The maximum Gasteiger partial charge on any atom is 0.330 e. The lowest BCUT2D eigenvalue weighted by molar-refractivity contribution is -0.0389. The molecule has 2 heterocycles. The molecule has 0 saturated carbocycles. The molecular formula is C16H27N3O4. The van der Waals surface area contributed by atoms with Gasteiger partial charge in [-0.25, -0.2) is 4.79 Å². The number of nitrogens with one attached hydrogen (secondary N) is 1. The van der Waals surface area contributed by atoms with Crippen molar-refractivity contribution in [3.05, 3.63) is 32.6 Å². The van der Waals surface area contributed by atoms with Crippen LogP contribution in [0, 0.1) is 6.92 Å². The summed E-state index contributed by atoms with van der Waals surface area (Å²) >= 11 is 0. The van der Waals surface area contributed by atoms with E-state index in [0.29, 0.717) is 12.0 Å². The third-order valence-corrected chi connectivity index (χ3v) is 4.33. The molecule has 1 aromatic heterocycles. The third kappa shape index (κ3) is 3.91. The van der Waals surface area contributed by atoms with Gasteiger partial charge in [0.05, 0.1) is 12.7 Å². The van der Waals surface area contributed by atoms with Crippen molar-refractivity contribution in [2.45, 2.75) is 58.4 Å². The van der Waals surface area contributed by atoms with Crippen LogP contribution in [0.1, 0.15) is 44.9 Å². The van der Waals surface area contributed by atoms with E-state index >= 15 is 0 Å². The fourth-order valence-electron chi connectivity index (χ4n) is 3.25. The van der Waals surface area contributed by atoms with E-state index in [-0.39, 0.29) is 24.3 Å². The van der Waals surface area contributed by atoms with Crippen molar-refractivity contribution in [1.29, 1.82) is 0 Å². The first-order valence-corrected chi connectivity index (χ1v) is 8.34. The molecule has 2 N–H and O–H groups in total. The monoisotopic (exact) mass is 325 g/mol. The van der Waals surface area contributed by atoms with Crippen LogP contribution in [-0.2, 0) is 4.74 Å². The minimum atomic E-state index is -0.472. The molecule has 0 amide bonds. The van der Waals surface area contributed by atoms with Gasteiger partial charge >= 0.3 is 5.69 Å². The Kier molecular flexibility index (Phi) is 6.15. The second-order valence-corrected chi connectivity index (χ2v) is 6.13. The van der Waals surface area contributed by atoms with Gasteiger partial charge in [0.15, 0.2) is 0 Å². The highest BCUT2D eigenvalue weighted by atomic mass is 16.5. The number of aromatic nitrogens is 2. The van der Waals surface area contributed by atoms with E-state index in [1.54, 1.807) is 6.92 Å². The Hall–Kier alpha value is -1.44. The Morgan fingerprint density at radius 2 is 2.00 bits per heavy atom. The van der Waals surface area contributed by atoms with Gasteiger partial charge in [-0.1, -0.05) is 13.8 Å². The Labute approximate surface area is 135 Å². The number of aliphatic hydroxyl groups excluding tert-OH is 1. The number of aromatic amines is 1. The highest BCUT2D eigenvalue weighted by Crippen LogP contribution is 2.31. The summed E-state index contributed by atoms with van der Waals surface area (Å²) in [4.78, 5) is 28.2. The summed E-state index contributed by atoms with van der Waals surface area (Å²) in [5, 5.41) is 9.66. The minimum absolute atomic E-state index is 0.0732. The number of hydrogen-bond acceptors (Lipinski definition) is 5. The van der Waals surface area contributed by atoms with Crippen LogP contribution in [-0.4, -0.2) is 51.4 Å². The molecule has 3 unspecified atom stereocenters. The fourth-order valence-corrected chi connectivity index (χ4v) is 3.25. The Balaban J connectivity index is 2.26. The summed E-state index contributed by atoms with van der Waals surface area (Å²) in [7, 11) is 0. The number of aryl methyl sites for hydroxylation is 1. The normalized spacial score (nSPS) is 24.5. The van der Waals surface area contributed by atoms with Gasteiger partial charge in [0.1, 0.15) is 6.23 Å². The van der Waals surface area contributed by atoms with E-state index in [4.69, 9.17) is 4.74 Å². The SMILES string of the molecule is CCCN(CCC)C1CC(n2cc(C)c(=O)[nH]c2=O)OC1CO. The zero-order valence-corrected chi connectivity index (χ0v) is 14.1. The largest absolute Gasteiger partial charge is 0.394 e. The lowest BCUT2D eigenvalue weighted by Gasteiger charge is -2.30. The number of ether oxygens (including phenoxy) is 1. The molecule has 0 spiro atoms. The third-order valence-electron chi connectivity index (χ3n) is 4.33. The predicted octanol–water partition coefficient (Wildman–Crippen LogP) is 0.615. The van der Waals surface area contributed by atoms with Crippen LogP contribution in [0.3, 0.4) is 0 Å². The second-order valence-electron chi connectivity index (χ2n) is 6.13. The van der Waals surface area contributed by atoms with Gasteiger partial charge in [-0.05, 0) is 32.9 Å². The molecule has 1 fully saturated rings. The van der Waals surface area contributed by atoms with Crippen molar-refractivity contribution >= 4 is 0 Å². The smallest absolute Gasteiger partial charge is 0.330 e. The first kappa shape index (κ1) is 17.9. The summed E-state index contributed by atoms with van der Waals surface area (Å²) in [6, 6.07) is 0.0732. The number of H-pyrrole nitrogens is 1. The lowest BCUT2D eigenvalue weighted by Crippen LogP contribution is -2.43. The van der Waals surface area contributed by atoms with Gasteiger partial charge in [0.25, 0.3) is 5.56 Å². The molecule has 2 rings (SSSR count). The Morgan fingerprint density at radius 3 is 2.57 bits per heavy atom. The molecule has 1 aliphatic rings. The average Bonchev–Trinajstić information content (AvgIpc) is 2.94. The second kappa shape index (κ2) is 7.90. The first-order valence-electron chi connectivity index (χ1n) is 8.34. The van der Waals surface area contributed by atoms with Crippen LogP contribution in [0.4, 0.5) is 0 Å². The van der Waals surface area contributed by atoms with Crippen LogP contribution in [0.15, 0.2) is 15.8 Å². The van der Waals surface area contributed by atoms with Gasteiger partial charge in [0.2, 0.25) is 0 Å². The van der Waals surface area contributed by atoms with E-state index < -0.39 is 11.9 Å². The van der Waals surface area contributed by atoms with Crippen molar-refractivity contribution in [2.75, 3.05) is 19.7 Å².